The van der Waals surface area contributed by atoms with Crippen molar-refractivity contribution in [2.24, 2.45) is 0 Å². The van der Waals surface area contributed by atoms with Crippen LogP contribution in [0.5, 0.6) is 0 Å². The first-order valence-corrected chi connectivity index (χ1v) is 6.24. The van der Waals surface area contributed by atoms with E-state index in [9.17, 15) is 4.79 Å². The topological polar surface area (TPSA) is 41.1 Å². The standard InChI is InChI=1S/C14H22N2O/c1-3-15-10-9-14(17)12(2)16-11-13-7-5-4-6-8-13/h4-8,12,15-16H,3,9-11H2,1-2H3/t12-/m0/s1. The lowest BCUT2D eigenvalue weighted by atomic mass is 10.1. The molecule has 0 saturated heterocycles. The molecule has 0 unspecified atom stereocenters. The lowest BCUT2D eigenvalue weighted by Crippen LogP contribution is -2.35. The fourth-order valence-corrected chi connectivity index (χ4v) is 1.59. The molecular formula is C14H22N2O. The Morgan fingerprint density at radius 1 is 1.29 bits per heavy atom. The predicted octanol–water partition coefficient (Wildman–Crippen LogP) is 1.73. The highest BCUT2D eigenvalue weighted by Crippen LogP contribution is 1.99. The van der Waals surface area contributed by atoms with E-state index in [4.69, 9.17) is 0 Å². The third-order valence-electron chi connectivity index (χ3n) is 2.74. The molecule has 0 radical (unpaired) electrons. The van der Waals surface area contributed by atoms with Crippen LogP contribution in [0.3, 0.4) is 0 Å². The molecule has 0 spiro atoms. The zero-order chi connectivity index (χ0) is 12.5. The Labute approximate surface area is 104 Å². The molecule has 1 aromatic rings. The van der Waals surface area contributed by atoms with Crippen LogP contribution in [0, 0.1) is 0 Å². The number of hydrogen-bond donors (Lipinski definition) is 2. The molecule has 0 aliphatic heterocycles. The molecule has 1 atom stereocenters. The number of rotatable bonds is 8. The Hall–Kier alpha value is -1.19. The molecule has 0 aliphatic carbocycles. The number of ketones is 1. The van der Waals surface area contributed by atoms with Crippen molar-refractivity contribution >= 4 is 5.78 Å². The Bertz CT molecular complexity index is 324. The SMILES string of the molecule is CCNCCC(=O)[C@H](C)NCc1ccccc1. The zero-order valence-corrected chi connectivity index (χ0v) is 10.7. The van der Waals surface area contributed by atoms with Crippen molar-refractivity contribution in [3.8, 4) is 0 Å². The zero-order valence-electron chi connectivity index (χ0n) is 10.7. The largest absolute Gasteiger partial charge is 0.317 e. The molecule has 3 nitrogen and oxygen atoms in total. The van der Waals surface area contributed by atoms with Gasteiger partial charge < -0.3 is 10.6 Å². The van der Waals surface area contributed by atoms with Crippen LogP contribution in [0.25, 0.3) is 0 Å². The molecule has 0 fully saturated rings. The molecule has 0 amide bonds. The summed E-state index contributed by atoms with van der Waals surface area (Å²) in [5.74, 6) is 0.266. The van der Waals surface area contributed by atoms with Gasteiger partial charge in [-0.1, -0.05) is 37.3 Å². The second kappa shape index (κ2) is 7.98. The van der Waals surface area contributed by atoms with Crippen LogP contribution in [0.2, 0.25) is 0 Å². The van der Waals surface area contributed by atoms with Gasteiger partial charge in [0.2, 0.25) is 0 Å². The summed E-state index contributed by atoms with van der Waals surface area (Å²) in [7, 11) is 0. The quantitative estimate of drug-likeness (QED) is 0.673. The minimum Gasteiger partial charge on any atom is -0.317 e. The van der Waals surface area contributed by atoms with E-state index in [1.54, 1.807) is 0 Å². The number of nitrogens with one attached hydrogen (secondary N) is 2. The summed E-state index contributed by atoms with van der Waals surface area (Å²) in [6.45, 7) is 6.40. The van der Waals surface area contributed by atoms with Crippen molar-refractivity contribution in [2.75, 3.05) is 13.1 Å². The first kappa shape index (κ1) is 13.9. The van der Waals surface area contributed by atoms with Gasteiger partial charge >= 0.3 is 0 Å². The summed E-state index contributed by atoms with van der Waals surface area (Å²) in [5.41, 5.74) is 1.21. The van der Waals surface area contributed by atoms with Crippen LogP contribution in [0.4, 0.5) is 0 Å². The molecule has 1 rings (SSSR count). The van der Waals surface area contributed by atoms with Crippen LogP contribution in [0.1, 0.15) is 25.8 Å². The Morgan fingerprint density at radius 3 is 2.65 bits per heavy atom. The number of hydrogen-bond acceptors (Lipinski definition) is 3. The summed E-state index contributed by atoms with van der Waals surface area (Å²) in [5, 5.41) is 6.41. The molecule has 0 saturated carbocycles. The summed E-state index contributed by atoms with van der Waals surface area (Å²) in [4.78, 5) is 11.7. The second-order valence-corrected chi connectivity index (χ2v) is 4.16. The van der Waals surface area contributed by atoms with E-state index in [0.717, 1.165) is 19.6 Å². The lowest BCUT2D eigenvalue weighted by molar-refractivity contribution is -0.120. The van der Waals surface area contributed by atoms with Gasteiger partial charge in [0.1, 0.15) is 0 Å². The lowest BCUT2D eigenvalue weighted by Gasteiger charge is -2.12. The Morgan fingerprint density at radius 2 is 2.00 bits per heavy atom. The Kier molecular flexibility index (Phi) is 6.51. The molecule has 3 heteroatoms. The van der Waals surface area contributed by atoms with Crippen LogP contribution in [-0.4, -0.2) is 24.9 Å². The minimum absolute atomic E-state index is 0.0751. The summed E-state index contributed by atoms with van der Waals surface area (Å²) < 4.78 is 0. The first-order chi connectivity index (χ1) is 8.24. The van der Waals surface area contributed by atoms with E-state index < -0.39 is 0 Å². The maximum atomic E-state index is 11.7. The van der Waals surface area contributed by atoms with Crippen molar-refractivity contribution < 1.29 is 4.79 Å². The molecule has 1 aromatic carbocycles. The number of carbonyl (C=O) groups is 1. The monoisotopic (exact) mass is 234 g/mol. The van der Waals surface area contributed by atoms with Gasteiger partial charge in [0.05, 0.1) is 6.04 Å². The Balaban J connectivity index is 2.24. The smallest absolute Gasteiger partial charge is 0.150 e. The molecule has 94 valence electrons. The molecule has 0 aromatic heterocycles. The van der Waals surface area contributed by atoms with Gasteiger partial charge in [-0.2, -0.15) is 0 Å². The van der Waals surface area contributed by atoms with E-state index in [2.05, 4.69) is 22.8 Å². The van der Waals surface area contributed by atoms with Gasteiger partial charge in [0.25, 0.3) is 0 Å². The van der Waals surface area contributed by atoms with Crippen molar-refractivity contribution in [2.45, 2.75) is 32.9 Å². The second-order valence-electron chi connectivity index (χ2n) is 4.16. The molecule has 0 aliphatic rings. The molecule has 0 bridgehead atoms. The van der Waals surface area contributed by atoms with Gasteiger partial charge in [-0.3, -0.25) is 4.79 Å². The summed E-state index contributed by atoms with van der Waals surface area (Å²) in [6.07, 6.45) is 0.594. The van der Waals surface area contributed by atoms with Crippen LogP contribution in [-0.2, 0) is 11.3 Å². The maximum absolute atomic E-state index is 11.7. The first-order valence-electron chi connectivity index (χ1n) is 6.24. The van der Waals surface area contributed by atoms with Gasteiger partial charge in [0.15, 0.2) is 5.78 Å². The van der Waals surface area contributed by atoms with E-state index in [1.165, 1.54) is 5.56 Å². The van der Waals surface area contributed by atoms with Crippen molar-refractivity contribution in [3.63, 3.8) is 0 Å². The minimum atomic E-state index is -0.0751. The fourth-order valence-electron chi connectivity index (χ4n) is 1.59. The highest BCUT2D eigenvalue weighted by Gasteiger charge is 2.11. The number of carbonyl (C=O) groups excluding carboxylic acids is 1. The summed E-state index contributed by atoms with van der Waals surface area (Å²) in [6, 6.07) is 10.1. The third-order valence-corrected chi connectivity index (χ3v) is 2.74. The van der Waals surface area contributed by atoms with Crippen molar-refractivity contribution in [3.05, 3.63) is 35.9 Å². The molecule has 0 heterocycles. The average molecular weight is 234 g/mol. The number of Topliss-reactive ketones (excluding diaryl/α,β-unsaturated/α-hetero) is 1. The normalized spacial score (nSPS) is 12.4. The van der Waals surface area contributed by atoms with Crippen LogP contribution >= 0.6 is 0 Å². The average Bonchev–Trinajstić information content (AvgIpc) is 2.37. The van der Waals surface area contributed by atoms with E-state index in [-0.39, 0.29) is 11.8 Å². The predicted molar refractivity (Wildman–Crippen MR) is 70.9 cm³/mol. The molecular weight excluding hydrogens is 212 g/mol. The van der Waals surface area contributed by atoms with E-state index >= 15 is 0 Å². The highest BCUT2D eigenvalue weighted by atomic mass is 16.1. The van der Waals surface area contributed by atoms with E-state index in [0.29, 0.717) is 6.42 Å². The van der Waals surface area contributed by atoms with Crippen molar-refractivity contribution in [1.82, 2.24) is 10.6 Å². The van der Waals surface area contributed by atoms with Crippen LogP contribution in [0.15, 0.2) is 30.3 Å². The number of benzene rings is 1. The maximum Gasteiger partial charge on any atom is 0.150 e. The highest BCUT2D eigenvalue weighted by molar-refractivity contribution is 5.83. The third kappa shape index (κ3) is 5.61. The molecule has 2 N–H and O–H groups in total. The summed E-state index contributed by atoms with van der Waals surface area (Å²) >= 11 is 0. The fraction of sp³-hybridized carbons (Fsp3) is 0.500. The van der Waals surface area contributed by atoms with Crippen LogP contribution < -0.4 is 10.6 Å². The molecule has 17 heavy (non-hydrogen) atoms. The van der Waals surface area contributed by atoms with Gasteiger partial charge in [-0.25, -0.2) is 0 Å². The van der Waals surface area contributed by atoms with Crippen molar-refractivity contribution in [1.29, 1.82) is 0 Å². The van der Waals surface area contributed by atoms with Gasteiger partial charge in [-0.05, 0) is 19.0 Å². The van der Waals surface area contributed by atoms with Gasteiger partial charge in [-0.15, -0.1) is 0 Å². The van der Waals surface area contributed by atoms with E-state index in [1.807, 2.05) is 32.0 Å². The van der Waals surface area contributed by atoms with Gasteiger partial charge in [0, 0.05) is 19.5 Å².